The van der Waals surface area contributed by atoms with E-state index in [0.717, 1.165) is 25.3 Å². The fourth-order valence-electron chi connectivity index (χ4n) is 1.11. The zero-order valence-corrected chi connectivity index (χ0v) is 8.18. The summed E-state index contributed by atoms with van der Waals surface area (Å²) in [6.07, 6.45) is 0. The zero-order valence-electron chi connectivity index (χ0n) is 8.18. The Labute approximate surface area is 84.7 Å². The van der Waals surface area contributed by atoms with Crippen LogP contribution >= 0.6 is 0 Å². The number of alkyl halides is 2. The van der Waals surface area contributed by atoms with Crippen LogP contribution in [0.15, 0.2) is 18.2 Å². The molecule has 0 spiro atoms. The van der Waals surface area contributed by atoms with Gasteiger partial charge in [0.2, 0.25) is 0 Å². The second-order valence-corrected chi connectivity index (χ2v) is 3.07. The van der Waals surface area contributed by atoms with E-state index in [2.05, 4.69) is 4.74 Å². The maximum absolute atomic E-state index is 13.0. The van der Waals surface area contributed by atoms with E-state index in [1.165, 1.54) is 0 Å². The number of carbonyl (C=O) groups is 1. The van der Waals surface area contributed by atoms with Gasteiger partial charge in [0.25, 0.3) is 5.92 Å². The van der Waals surface area contributed by atoms with Crippen molar-refractivity contribution in [3.63, 3.8) is 0 Å². The van der Waals surface area contributed by atoms with Gasteiger partial charge in [0.05, 0.1) is 18.2 Å². The SMILES string of the molecule is COC(=O)c1ccc(F)c(C(C)(F)F)c1. The molecule has 5 heteroatoms. The van der Waals surface area contributed by atoms with Crippen molar-refractivity contribution >= 4 is 5.97 Å². The minimum atomic E-state index is -3.33. The van der Waals surface area contributed by atoms with Gasteiger partial charge >= 0.3 is 5.97 Å². The normalized spacial score (nSPS) is 11.3. The van der Waals surface area contributed by atoms with E-state index in [1.807, 2.05) is 0 Å². The second-order valence-electron chi connectivity index (χ2n) is 3.07. The van der Waals surface area contributed by atoms with Crippen LogP contribution in [-0.4, -0.2) is 13.1 Å². The number of esters is 1. The summed E-state index contributed by atoms with van der Waals surface area (Å²) >= 11 is 0. The molecule has 0 amide bonds. The average Bonchev–Trinajstić information content (AvgIpc) is 2.15. The Morgan fingerprint density at radius 1 is 1.40 bits per heavy atom. The molecular formula is C10H9F3O2. The van der Waals surface area contributed by atoms with Gasteiger partial charge in [-0.05, 0) is 18.2 Å². The number of hydrogen-bond acceptors (Lipinski definition) is 2. The van der Waals surface area contributed by atoms with Crippen molar-refractivity contribution < 1.29 is 22.7 Å². The molecule has 2 nitrogen and oxygen atoms in total. The third kappa shape index (κ3) is 2.49. The van der Waals surface area contributed by atoms with E-state index in [0.29, 0.717) is 6.92 Å². The first-order valence-electron chi connectivity index (χ1n) is 4.12. The molecule has 0 aliphatic heterocycles. The molecule has 0 fully saturated rings. The molecule has 0 atom stereocenters. The highest BCUT2D eigenvalue weighted by atomic mass is 19.3. The molecule has 1 aromatic rings. The molecule has 0 saturated heterocycles. The Morgan fingerprint density at radius 3 is 2.47 bits per heavy atom. The van der Waals surface area contributed by atoms with Crippen molar-refractivity contribution in [1.29, 1.82) is 0 Å². The minimum Gasteiger partial charge on any atom is -0.465 e. The standard InChI is InChI=1S/C10H9F3O2/c1-10(12,13)7-5-6(9(14)15-2)3-4-8(7)11/h3-5H,1-2H3. The Morgan fingerprint density at radius 2 is 2.00 bits per heavy atom. The average molecular weight is 218 g/mol. The molecular weight excluding hydrogens is 209 g/mol. The highest BCUT2D eigenvalue weighted by molar-refractivity contribution is 5.89. The highest BCUT2D eigenvalue weighted by Crippen LogP contribution is 2.29. The molecule has 0 bridgehead atoms. The zero-order chi connectivity index (χ0) is 11.6. The van der Waals surface area contributed by atoms with Crippen LogP contribution in [0.3, 0.4) is 0 Å². The van der Waals surface area contributed by atoms with E-state index in [-0.39, 0.29) is 5.56 Å². The van der Waals surface area contributed by atoms with Gasteiger partial charge in [-0.1, -0.05) is 0 Å². The van der Waals surface area contributed by atoms with Crippen LogP contribution in [0, 0.1) is 5.82 Å². The van der Waals surface area contributed by atoms with E-state index in [1.54, 1.807) is 0 Å². The lowest BCUT2D eigenvalue weighted by atomic mass is 10.1. The summed E-state index contributed by atoms with van der Waals surface area (Å²) in [6.45, 7) is 0.562. The number of ether oxygens (including phenoxy) is 1. The molecule has 0 unspecified atom stereocenters. The van der Waals surface area contributed by atoms with Gasteiger partial charge in [-0.2, -0.15) is 0 Å². The van der Waals surface area contributed by atoms with Crippen molar-refractivity contribution in [2.75, 3.05) is 7.11 Å². The van der Waals surface area contributed by atoms with Crippen LogP contribution in [0.4, 0.5) is 13.2 Å². The van der Waals surface area contributed by atoms with Gasteiger partial charge in [0, 0.05) is 6.92 Å². The molecule has 15 heavy (non-hydrogen) atoms. The lowest BCUT2D eigenvalue weighted by Crippen LogP contribution is -2.12. The summed E-state index contributed by atoms with van der Waals surface area (Å²) in [7, 11) is 1.12. The number of rotatable bonds is 2. The molecule has 0 aliphatic rings. The Hall–Kier alpha value is -1.52. The number of carbonyl (C=O) groups excluding carboxylic acids is 1. The highest BCUT2D eigenvalue weighted by Gasteiger charge is 2.29. The molecule has 1 rings (SSSR count). The monoisotopic (exact) mass is 218 g/mol. The lowest BCUT2D eigenvalue weighted by molar-refractivity contribution is 0.0136. The van der Waals surface area contributed by atoms with E-state index < -0.39 is 23.3 Å². The quantitative estimate of drug-likeness (QED) is 0.713. The predicted octanol–water partition coefficient (Wildman–Crippen LogP) is 2.72. The Balaban J connectivity index is 3.23. The van der Waals surface area contributed by atoms with Crippen molar-refractivity contribution in [1.82, 2.24) is 0 Å². The molecule has 0 saturated carbocycles. The molecule has 0 aromatic heterocycles. The summed E-state index contributed by atoms with van der Waals surface area (Å²) in [4.78, 5) is 11.0. The van der Waals surface area contributed by atoms with Gasteiger partial charge in [-0.3, -0.25) is 0 Å². The van der Waals surface area contributed by atoms with Gasteiger partial charge in [0.1, 0.15) is 5.82 Å². The first-order valence-corrected chi connectivity index (χ1v) is 4.12. The fourth-order valence-corrected chi connectivity index (χ4v) is 1.11. The molecule has 0 heterocycles. The topological polar surface area (TPSA) is 26.3 Å². The number of halogens is 3. The van der Waals surface area contributed by atoms with Crippen LogP contribution in [0.2, 0.25) is 0 Å². The first-order chi connectivity index (χ1) is 6.86. The Kier molecular flexibility index (Phi) is 3.02. The molecule has 82 valence electrons. The third-order valence-electron chi connectivity index (χ3n) is 1.86. The van der Waals surface area contributed by atoms with Crippen LogP contribution in [-0.2, 0) is 10.7 Å². The lowest BCUT2D eigenvalue weighted by Gasteiger charge is -2.12. The van der Waals surface area contributed by atoms with Crippen LogP contribution in [0.5, 0.6) is 0 Å². The van der Waals surface area contributed by atoms with Crippen LogP contribution < -0.4 is 0 Å². The van der Waals surface area contributed by atoms with Gasteiger partial charge in [-0.15, -0.1) is 0 Å². The van der Waals surface area contributed by atoms with Gasteiger partial charge < -0.3 is 4.74 Å². The smallest absolute Gasteiger partial charge is 0.337 e. The van der Waals surface area contributed by atoms with Crippen molar-refractivity contribution in [3.05, 3.63) is 35.1 Å². The number of benzene rings is 1. The van der Waals surface area contributed by atoms with Crippen molar-refractivity contribution in [2.45, 2.75) is 12.8 Å². The summed E-state index contributed by atoms with van der Waals surface area (Å²) in [5, 5.41) is 0. The summed E-state index contributed by atoms with van der Waals surface area (Å²) < 4.78 is 43.1. The van der Waals surface area contributed by atoms with E-state index in [4.69, 9.17) is 0 Å². The largest absolute Gasteiger partial charge is 0.465 e. The first kappa shape index (κ1) is 11.6. The van der Waals surface area contributed by atoms with E-state index in [9.17, 15) is 18.0 Å². The molecule has 1 aromatic carbocycles. The Bertz CT molecular complexity index is 383. The van der Waals surface area contributed by atoms with Gasteiger partial charge in [-0.25, -0.2) is 18.0 Å². The summed E-state index contributed by atoms with van der Waals surface area (Å²) in [5.41, 5.74) is -0.916. The predicted molar refractivity (Wildman–Crippen MR) is 47.3 cm³/mol. The van der Waals surface area contributed by atoms with Crippen molar-refractivity contribution in [3.8, 4) is 0 Å². The van der Waals surface area contributed by atoms with E-state index >= 15 is 0 Å². The van der Waals surface area contributed by atoms with Gasteiger partial charge in [0.15, 0.2) is 0 Å². The number of hydrogen-bond donors (Lipinski definition) is 0. The van der Waals surface area contributed by atoms with Crippen LogP contribution in [0.25, 0.3) is 0 Å². The molecule has 0 N–H and O–H groups in total. The van der Waals surface area contributed by atoms with Crippen molar-refractivity contribution in [2.24, 2.45) is 0 Å². The number of methoxy groups -OCH3 is 1. The fraction of sp³-hybridized carbons (Fsp3) is 0.300. The second kappa shape index (κ2) is 3.92. The maximum atomic E-state index is 13.0. The maximum Gasteiger partial charge on any atom is 0.337 e. The van der Waals surface area contributed by atoms with Crippen LogP contribution in [0.1, 0.15) is 22.8 Å². The summed E-state index contributed by atoms with van der Waals surface area (Å²) in [6, 6.07) is 2.70. The minimum absolute atomic E-state index is 0.101. The molecule has 0 aliphatic carbocycles. The molecule has 0 radical (unpaired) electrons. The third-order valence-corrected chi connectivity index (χ3v) is 1.86. The summed E-state index contributed by atoms with van der Waals surface area (Å²) in [5.74, 6) is -5.15.